The Morgan fingerprint density at radius 3 is 1.68 bits per heavy atom. The minimum Gasteiger partial charge on any atom is -0.427 e. The van der Waals surface area contributed by atoms with Gasteiger partial charge in [-0.1, -0.05) is 99.9 Å². The van der Waals surface area contributed by atoms with Crippen molar-refractivity contribution in [2.24, 2.45) is 0 Å². The smallest absolute Gasteiger partial charge is 0.311 e. The first-order valence-electron chi connectivity index (χ1n) is 10.2. The van der Waals surface area contributed by atoms with Crippen LogP contribution in [0, 0.1) is 0 Å². The van der Waals surface area contributed by atoms with Crippen molar-refractivity contribution in [3.63, 3.8) is 0 Å². The molecular weight excluding hydrogens is 376 g/mol. The zero-order valence-electron chi connectivity index (χ0n) is 15.9. The van der Waals surface area contributed by atoms with E-state index in [0.717, 1.165) is 17.3 Å². The zero-order valence-corrected chi connectivity index (χ0v) is 17.5. The van der Waals surface area contributed by atoms with Crippen molar-refractivity contribution in [1.82, 2.24) is 0 Å². The fourth-order valence-electron chi connectivity index (χ4n) is 2.97. The molecule has 0 saturated heterocycles. The largest absolute Gasteiger partial charge is 0.427 e. The Morgan fingerprint density at radius 2 is 1.20 bits per heavy atom. The van der Waals surface area contributed by atoms with Crippen LogP contribution in [0.15, 0.2) is 28.7 Å². The highest BCUT2D eigenvalue weighted by atomic mass is 79.9. The fourth-order valence-corrected chi connectivity index (χ4v) is 3.24. The van der Waals surface area contributed by atoms with Gasteiger partial charge in [0.1, 0.15) is 5.75 Å². The molecule has 1 aromatic carbocycles. The average Bonchev–Trinajstić information content (AvgIpc) is 2.61. The molecule has 0 unspecified atom stereocenters. The normalized spacial score (nSPS) is 10.8. The molecule has 0 fully saturated rings. The first kappa shape index (κ1) is 22.2. The Hall–Kier alpha value is -0.830. The minimum atomic E-state index is -0.120. The summed E-state index contributed by atoms with van der Waals surface area (Å²) < 4.78 is 6.31. The van der Waals surface area contributed by atoms with Gasteiger partial charge in [0.2, 0.25) is 0 Å². The Labute approximate surface area is 162 Å². The third-order valence-electron chi connectivity index (χ3n) is 4.53. The van der Waals surface area contributed by atoms with E-state index in [1.807, 2.05) is 24.3 Å². The molecule has 0 aliphatic heterocycles. The first-order valence-corrected chi connectivity index (χ1v) is 11.0. The SMILES string of the molecule is CCCCCCCCCCCCCCCC(=O)Oc1ccc(Br)cc1. The van der Waals surface area contributed by atoms with Crippen LogP contribution in [0.5, 0.6) is 5.75 Å². The van der Waals surface area contributed by atoms with Gasteiger partial charge in [0.05, 0.1) is 0 Å². The van der Waals surface area contributed by atoms with Gasteiger partial charge < -0.3 is 4.74 Å². The molecule has 0 atom stereocenters. The van der Waals surface area contributed by atoms with E-state index >= 15 is 0 Å². The lowest BCUT2D eigenvalue weighted by Gasteiger charge is -2.05. The third kappa shape index (κ3) is 13.1. The van der Waals surface area contributed by atoms with Crippen LogP contribution < -0.4 is 4.74 Å². The second-order valence-corrected chi connectivity index (χ2v) is 7.84. The molecule has 0 amide bonds. The van der Waals surface area contributed by atoms with E-state index in [9.17, 15) is 4.79 Å². The molecule has 0 spiro atoms. The Morgan fingerprint density at radius 1 is 0.760 bits per heavy atom. The highest BCUT2D eigenvalue weighted by Gasteiger charge is 2.04. The standard InChI is InChI=1S/C22H35BrO2/c1-2-3-4-5-6-7-8-9-10-11-12-13-14-15-22(24)25-21-18-16-20(23)17-19-21/h16-19H,2-15H2,1H3. The minimum absolute atomic E-state index is 0.120. The Kier molecular flexibility index (Phi) is 13.7. The van der Waals surface area contributed by atoms with E-state index in [4.69, 9.17) is 4.74 Å². The van der Waals surface area contributed by atoms with Crippen LogP contribution >= 0.6 is 15.9 Å². The summed E-state index contributed by atoms with van der Waals surface area (Å²) in [5.41, 5.74) is 0. The van der Waals surface area contributed by atoms with Gasteiger partial charge in [0, 0.05) is 10.9 Å². The number of rotatable bonds is 15. The molecule has 0 saturated carbocycles. The summed E-state index contributed by atoms with van der Waals surface area (Å²) in [4.78, 5) is 11.8. The van der Waals surface area contributed by atoms with E-state index in [2.05, 4.69) is 22.9 Å². The second kappa shape index (κ2) is 15.4. The van der Waals surface area contributed by atoms with Crippen LogP contribution in [0.3, 0.4) is 0 Å². The summed E-state index contributed by atoms with van der Waals surface area (Å²) in [7, 11) is 0. The lowest BCUT2D eigenvalue weighted by atomic mass is 10.0. The maximum atomic E-state index is 11.8. The molecule has 142 valence electrons. The predicted molar refractivity (Wildman–Crippen MR) is 110 cm³/mol. The monoisotopic (exact) mass is 410 g/mol. The molecule has 0 bridgehead atoms. The highest BCUT2D eigenvalue weighted by molar-refractivity contribution is 9.10. The van der Waals surface area contributed by atoms with Gasteiger partial charge in [-0.15, -0.1) is 0 Å². The summed E-state index contributed by atoms with van der Waals surface area (Å²) >= 11 is 3.37. The molecule has 1 aromatic rings. The number of hydrogen-bond acceptors (Lipinski definition) is 2. The van der Waals surface area contributed by atoms with Crippen LogP contribution in [-0.4, -0.2) is 5.97 Å². The molecule has 0 aromatic heterocycles. The maximum absolute atomic E-state index is 11.8. The summed E-state index contributed by atoms with van der Waals surface area (Å²) in [6.07, 6.45) is 17.6. The number of unbranched alkanes of at least 4 members (excludes halogenated alkanes) is 12. The number of esters is 1. The summed E-state index contributed by atoms with van der Waals surface area (Å²) in [5, 5.41) is 0. The molecule has 3 heteroatoms. The van der Waals surface area contributed by atoms with Crippen LogP contribution in [0.4, 0.5) is 0 Å². The van der Waals surface area contributed by atoms with Crippen molar-refractivity contribution in [2.45, 2.75) is 96.8 Å². The lowest BCUT2D eigenvalue weighted by Crippen LogP contribution is -2.07. The van der Waals surface area contributed by atoms with Gasteiger partial charge in [-0.05, 0) is 30.7 Å². The zero-order chi connectivity index (χ0) is 18.2. The Bertz CT molecular complexity index is 442. The van der Waals surface area contributed by atoms with Gasteiger partial charge in [-0.2, -0.15) is 0 Å². The number of benzene rings is 1. The van der Waals surface area contributed by atoms with Gasteiger partial charge in [0.15, 0.2) is 0 Å². The van der Waals surface area contributed by atoms with E-state index in [1.165, 1.54) is 70.6 Å². The summed E-state index contributed by atoms with van der Waals surface area (Å²) in [6.45, 7) is 2.27. The lowest BCUT2D eigenvalue weighted by molar-refractivity contribution is -0.134. The molecule has 0 radical (unpaired) electrons. The van der Waals surface area contributed by atoms with Crippen molar-refractivity contribution >= 4 is 21.9 Å². The van der Waals surface area contributed by atoms with Crippen molar-refractivity contribution < 1.29 is 9.53 Å². The first-order chi connectivity index (χ1) is 12.2. The summed E-state index contributed by atoms with van der Waals surface area (Å²) in [6, 6.07) is 7.39. The second-order valence-electron chi connectivity index (χ2n) is 6.92. The van der Waals surface area contributed by atoms with Gasteiger partial charge in [0.25, 0.3) is 0 Å². The number of hydrogen-bond donors (Lipinski definition) is 0. The van der Waals surface area contributed by atoms with Gasteiger partial charge in [-0.25, -0.2) is 0 Å². The van der Waals surface area contributed by atoms with E-state index in [0.29, 0.717) is 12.2 Å². The van der Waals surface area contributed by atoms with Crippen LogP contribution in [0.2, 0.25) is 0 Å². The van der Waals surface area contributed by atoms with Gasteiger partial charge >= 0.3 is 5.97 Å². The van der Waals surface area contributed by atoms with Crippen LogP contribution in [0.1, 0.15) is 96.8 Å². The maximum Gasteiger partial charge on any atom is 0.311 e. The Balaban J connectivity index is 1.85. The number of ether oxygens (including phenoxy) is 1. The quantitative estimate of drug-likeness (QED) is 0.167. The van der Waals surface area contributed by atoms with Crippen molar-refractivity contribution in [2.75, 3.05) is 0 Å². The van der Waals surface area contributed by atoms with Crippen LogP contribution in [0.25, 0.3) is 0 Å². The van der Waals surface area contributed by atoms with E-state index < -0.39 is 0 Å². The van der Waals surface area contributed by atoms with Crippen molar-refractivity contribution in [3.8, 4) is 5.75 Å². The molecule has 2 nitrogen and oxygen atoms in total. The van der Waals surface area contributed by atoms with E-state index in [-0.39, 0.29) is 5.97 Å². The van der Waals surface area contributed by atoms with Crippen LogP contribution in [-0.2, 0) is 4.79 Å². The number of carbonyl (C=O) groups excluding carboxylic acids is 1. The third-order valence-corrected chi connectivity index (χ3v) is 5.06. The molecule has 1 rings (SSSR count). The highest BCUT2D eigenvalue weighted by Crippen LogP contribution is 2.17. The average molecular weight is 411 g/mol. The molecule has 0 aliphatic rings. The fraction of sp³-hybridized carbons (Fsp3) is 0.682. The topological polar surface area (TPSA) is 26.3 Å². The molecule has 25 heavy (non-hydrogen) atoms. The molecule has 0 heterocycles. The molecule has 0 N–H and O–H groups in total. The number of halogens is 1. The molecule has 0 aliphatic carbocycles. The number of carbonyl (C=O) groups is 1. The van der Waals surface area contributed by atoms with Crippen molar-refractivity contribution in [3.05, 3.63) is 28.7 Å². The van der Waals surface area contributed by atoms with Gasteiger partial charge in [-0.3, -0.25) is 4.79 Å². The molecular formula is C22H35BrO2. The van der Waals surface area contributed by atoms with E-state index in [1.54, 1.807) is 0 Å². The predicted octanol–water partition coefficient (Wildman–Crippen LogP) is 7.84. The summed E-state index contributed by atoms with van der Waals surface area (Å²) in [5.74, 6) is 0.508. The van der Waals surface area contributed by atoms with Crippen molar-refractivity contribution in [1.29, 1.82) is 0 Å².